The van der Waals surface area contributed by atoms with Gasteiger partial charge >= 0.3 is 0 Å². The lowest BCUT2D eigenvalue weighted by molar-refractivity contribution is 0.248. The van der Waals surface area contributed by atoms with E-state index in [1.807, 2.05) is 23.9 Å². The van der Waals surface area contributed by atoms with Gasteiger partial charge in [-0.25, -0.2) is 0 Å². The molecule has 0 aliphatic heterocycles. The second kappa shape index (κ2) is 7.56. The number of nitrogens with one attached hydrogen (secondary N) is 1. The van der Waals surface area contributed by atoms with Crippen molar-refractivity contribution in [3.8, 4) is 0 Å². The Kier molecular flexibility index (Phi) is 6.06. The molecule has 0 bridgehead atoms. The molecule has 19 heavy (non-hydrogen) atoms. The first kappa shape index (κ1) is 15.2. The molecule has 1 aliphatic rings. The molecule has 1 nitrogen and oxygen atoms in total. The van der Waals surface area contributed by atoms with Gasteiger partial charge in [0.15, 0.2) is 0 Å². The lowest BCUT2D eigenvalue weighted by Gasteiger charge is -2.32. The smallest absolute Gasteiger partial charge is 0.0541 e. The highest BCUT2D eigenvalue weighted by molar-refractivity contribution is 7.99. The summed E-state index contributed by atoms with van der Waals surface area (Å²) in [7, 11) is 2.09. The Morgan fingerprint density at radius 1 is 1.26 bits per heavy atom. The van der Waals surface area contributed by atoms with Crippen LogP contribution in [0.1, 0.15) is 32.6 Å². The monoisotopic (exact) mass is 297 g/mol. The van der Waals surface area contributed by atoms with E-state index in [2.05, 4.69) is 31.4 Å². The van der Waals surface area contributed by atoms with Crippen LogP contribution in [0.4, 0.5) is 0 Å². The van der Waals surface area contributed by atoms with Gasteiger partial charge in [-0.15, -0.1) is 11.8 Å². The minimum absolute atomic E-state index is 0.605. The topological polar surface area (TPSA) is 12.0 Å². The number of benzene rings is 1. The lowest BCUT2D eigenvalue weighted by Crippen LogP contribution is -2.37. The second-order valence-electron chi connectivity index (χ2n) is 5.66. The van der Waals surface area contributed by atoms with Crippen molar-refractivity contribution in [1.82, 2.24) is 5.32 Å². The molecule has 0 aromatic heterocycles. The van der Waals surface area contributed by atoms with Crippen molar-refractivity contribution >= 4 is 23.4 Å². The molecule has 0 amide bonds. The maximum atomic E-state index is 6.21. The van der Waals surface area contributed by atoms with Crippen LogP contribution in [0.3, 0.4) is 0 Å². The van der Waals surface area contributed by atoms with Gasteiger partial charge in [0.25, 0.3) is 0 Å². The third-order valence-electron chi connectivity index (χ3n) is 4.26. The fourth-order valence-corrected chi connectivity index (χ4v) is 4.36. The summed E-state index contributed by atoms with van der Waals surface area (Å²) in [4.78, 5) is 1.20. The third-order valence-corrected chi connectivity index (χ3v) is 5.89. The van der Waals surface area contributed by atoms with Gasteiger partial charge in [0, 0.05) is 16.7 Å². The van der Waals surface area contributed by atoms with E-state index in [1.54, 1.807) is 0 Å². The van der Waals surface area contributed by atoms with Crippen molar-refractivity contribution < 1.29 is 0 Å². The summed E-state index contributed by atoms with van der Waals surface area (Å²) in [6.07, 6.45) is 5.52. The predicted octanol–water partition coefficient (Wildman–Crippen LogP) is 4.85. The number of halogens is 1. The Labute approximate surface area is 126 Å². The highest BCUT2D eigenvalue weighted by atomic mass is 35.5. The highest BCUT2D eigenvalue weighted by Crippen LogP contribution is 2.33. The first-order valence-electron chi connectivity index (χ1n) is 7.25. The summed E-state index contributed by atoms with van der Waals surface area (Å²) in [5.74, 6) is 2.86. The Hall–Kier alpha value is -0.180. The Morgan fingerprint density at radius 3 is 2.58 bits per heavy atom. The minimum atomic E-state index is 0.605. The molecule has 2 rings (SSSR count). The van der Waals surface area contributed by atoms with Crippen molar-refractivity contribution in [2.24, 2.45) is 11.8 Å². The van der Waals surface area contributed by atoms with E-state index in [9.17, 15) is 0 Å². The zero-order chi connectivity index (χ0) is 13.7. The van der Waals surface area contributed by atoms with E-state index >= 15 is 0 Å². The van der Waals surface area contributed by atoms with Gasteiger partial charge in [0.1, 0.15) is 0 Å². The number of hydrogen-bond acceptors (Lipinski definition) is 2. The third kappa shape index (κ3) is 4.40. The van der Waals surface area contributed by atoms with E-state index < -0.39 is 0 Å². The van der Waals surface area contributed by atoms with Crippen LogP contribution in [0.5, 0.6) is 0 Å². The van der Waals surface area contributed by atoms with Crippen LogP contribution in [-0.4, -0.2) is 18.8 Å². The van der Waals surface area contributed by atoms with Gasteiger partial charge in [-0.05, 0) is 43.9 Å². The summed E-state index contributed by atoms with van der Waals surface area (Å²) < 4.78 is 0. The average molecular weight is 298 g/mol. The van der Waals surface area contributed by atoms with Crippen LogP contribution in [0.15, 0.2) is 29.2 Å². The first-order valence-corrected chi connectivity index (χ1v) is 8.61. The molecule has 0 radical (unpaired) electrons. The standard InChI is InChI=1S/C16H24ClNS/c1-12-7-9-13(10-8-12)15(18-2)11-19-16-6-4-3-5-14(16)17/h3-6,12-13,15,18H,7-11H2,1-2H3. The molecule has 1 fully saturated rings. The summed E-state index contributed by atoms with van der Waals surface area (Å²) in [6.45, 7) is 2.38. The van der Waals surface area contributed by atoms with Crippen LogP contribution in [0.2, 0.25) is 5.02 Å². The molecule has 1 atom stereocenters. The molecule has 1 aromatic rings. The molecule has 1 saturated carbocycles. The fourth-order valence-electron chi connectivity index (χ4n) is 2.88. The van der Waals surface area contributed by atoms with Crippen LogP contribution in [0, 0.1) is 11.8 Å². The van der Waals surface area contributed by atoms with Crippen LogP contribution < -0.4 is 5.32 Å². The van der Waals surface area contributed by atoms with E-state index in [-0.39, 0.29) is 0 Å². The van der Waals surface area contributed by atoms with Gasteiger partial charge in [-0.1, -0.05) is 43.5 Å². The lowest BCUT2D eigenvalue weighted by atomic mass is 9.80. The summed E-state index contributed by atoms with van der Waals surface area (Å²) >= 11 is 8.09. The van der Waals surface area contributed by atoms with E-state index in [1.165, 1.54) is 30.6 Å². The SMILES string of the molecule is CNC(CSc1ccccc1Cl)C1CCC(C)CC1. The zero-order valence-corrected chi connectivity index (χ0v) is 13.4. The van der Waals surface area contributed by atoms with Crippen molar-refractivity contribution in [2.75, 3.05) is 12.8 Å². The van der Waals surface area contributed by atoms with Crippen molar-refractivity contribution in [2.45, 2.75) is 43.5 Å². The maximum Gasteiger partial charge on any atom is 0.0541 e. The van der Waals surface area contributed by atoms with Gasteiger partial charge in [0.05, 0.1) is 5.02 Å². The Morgan fingerprint density at radius 2 is 1.95 bits per heavy atom. The molecular weight excluding hydrogens is 274 g/mol. The number of thioether (sulfide) groups is 1. The van der Waals surface area contributed by atoms with Gasteiger partial charge in [0.2, 0.25) is 0 Å². The average Bonchev–Trinajstić information content (AvgIpc) is 2.43. The van der Waals surface area contributed by atoms with Crippen molar-refractivity contribution in [3.05, 3.63) is 29.3 Å². The molecular formula is C16H24ClNS. The predicted molar refractivity (Wildman–Crippen MR) is 86.1 cm³/mol. The molecule has 1 N–H and O–H groups in total. The van der Waals surface area contributed by atoms with Gasteiger partial charge in [-0.3, -0.25) is 0 Å². The zero-order valence-electron chi connectivity index (χ0n) is 11.9. The number of hydrogen-bond donors (Lipinski definition) is 1. The van der Waals surface area contributed by atoms with Gasteiger partial charge < -0.3 is 5.32 Å². The molecule has 1 aliphatic carbocycles. The fraction of sp³-hybridized carbons (Fsp3) is 0.625. The molecule has 3 heteroatoms. The highest BCUT2D eigenvalue weighted by Gasteiger charge is 2.25. The Balaban J connectivity index is 1.87. The molecule has 0 spiro atoms. The normalized spacial score (nSPS) is 25.2. The number of rotatable bonds is 5. The maximum absolute atomic E-state index is 6.21. The summed E-state index contributed by atoms with van der Waals surface area (Å²) in [5, 5.41) is 4.39. The van der Waals surface area contributed by atoms with Crippen LogP contribution >= 0.6 is 23.4 Å². The van der Waals surface area contributed by atoms with Crippen molar-refractivity contribution in [1.29, 1.82) is 0 Å². The van der Waals surface area contributed by atoms with E-state index in [0.29, 0.717) is 6.04 Å². The van der Waals surface area contributed by atoms with Crippen LogP contribution in [-0.2, 0) is 0 Å². The Bertz CT molecular complexity index is 388. The quantitative estimate of drug-likeness (QED) is 0.780. The molecule has 0 saturated heterocycles. The molecule has 1 unspecified atom stereocenters. The van der Waals surface area contributed by atoms with E-state index in [0.717, 1.165) is 22.6 Å². The molecule has 0 heterocycles. The summed E-state index contributed by atoms with van der Waals surface area (Å²) in [6, 6.07) is 8.74. The van der Waals surface area contributed by atoms with Crippen molar-refractivity contribution in [3.63, 3.8) is 0 Å². The van der Waals surface area contributed by atoms with E-state index in [4.69, 9.17) is 11.6 Å². The van der Waals surface area contributed by atoms with Crippen LogP contribution in [0.25, 0.3) is 0 Å². The molecule has 1 aromatic carbocycles. The minimum Gasteiger partial charge on any atom is -0.316 e. The summed E-state index contributed by atoms with van der Waals surface area (Å²) in [5.41, 5.74) is 0. The van der Waals surface area contributed by atoms with Gasteiger partial charge in [-0.2, -0.15) is 0 Å². The molecule has 106 valence electrons. The largest absolute Gasteiger partial charge is 0.316 e. The first-order chi connectivity index (χ1) is 9.20. The second-order valence-corrected chi connectivity index (χ2v) is 7.13.